The molecular weight excluding hydrogens is 256 g/mol. The highest BCUT2D eigenvalue weighted by atomic mass is 16.2. The Morgan fingerprint density at radius 3 is 2.65 bits per heavy atom. The monoisotopic (exact) mass is 272 g/mol. The SMILES string of the molecule is CC(C)c1ccc(/C=N\NC(=O)[C@@H]2C=NNC2=O)cc1. The fourth-order valence-electron chi connectivity index (χ4n) is 1.71. The molecule has 1 aliphatic heterocycles. The molecule has 0 saturated heterocycles. The molecule has 0 fully saturated rings. The minimum atomic E-state index is -0.907. The molecule has 0 aliphatic carbocycles. The lowest BCUT2D eigenvalue weighted by molar-refractivity contribution is -0.131. The first-order chi connectivity index (χ1) is 9.58. The van der Waals surface area contributed by atoms with Gasteiger partial charge in [0.05, 0.1) is 6.21 Å². The molecule has 2 amide bonds. The third-order valence-electron chi connectivity index (χ3n) is 2.95. The summed E-state index contributed by atoms with van der Waals surface area (Å²) < 4.78 is 0. The molecule has 20 heavy (non-hydrogen) atoms. The number of hydrogen-bond acceptors (Lipinski definition) is 4. The van der Waals surface area contributed by atoms with E-state index in [0.29, 0.717) is 5.92 Å². The third-order valence-corrected chi connectivity index (χ3v) is 2.95. The number of carbonyl (C=O) groups excluding carboxylic acids is 2. The molecule has 0 saturated carbocycles. The van der Waals surface area contributed by atoms with Gasteiger partial charge in [-0.15, -0.1) is 0 Å². The van der Waals surface area contributed by atoms with Gasteiger partial charge in [0.25, 0.3) is 11.8 Å². The van der Waals surface area contributed by atoms with Crippen LogP contribution in [0.1, 0.15) is 30.9 Å². The Morgan fingerprint density at radius 1 is 1.40 bits per heavy atom. The fourth-order valence-corrected chi connectivity index (χ4v) is 1.71. The summed E-state index contributed by atoms with van der Waals surface area (Å²) >= 11 is 0. The molecule has 1 atom stereocenters. The molecular formula is C14H16N4O2. The number of hydrazone groups is 2. The van der Waals surface area contributed by atoms with Crippen molar-refractivity contribution in [2.45, 2.75) is 19.8 Å². The molecule has 6 nitrogen and oxygen atoms in total. The average Bonchev–Trinajstić information content (AvgIpc) is 2.85. The van der Waals surface area contributed by atoms with Crippen molar-refractivity contribution < 1.29 is 9.59 Å². The first kappa shape index (κ1) is 13.9. The maximum absolute atomic E-state index is 11.6. The Bertz CT molecular complexity index is 561. The molecule has 1 aromatic rings. The maximum atomic E-state index is 11.6. The summed E-state index contributed by atoms with van der Waals surface area (Å²) in [6.45, 7) is 4.25. The summed E-state index contributed by atoms with van der Waals surface area (Å²) in [5.74, 6) is -1.38. The van der Waals surface area contributed by atoms with Crippen LogP contribution >= 0.6 is 0 Å². The Morgan fingerprint density at radius 2 is 2.10 bits per heavy atom. The van der Waals surface area contributed by atoms with Gasteiger partial charge < -0.3 is 0 Å². The minimum absolute atomic E-state index is 0.445. The van der Waals surface area contributed by atoms with Crippen LogP contribution in [0.5, 0.6) is 0 Å². The van der Waals surface area contributed by atoms with Gasteiger partial charge in [-0.25, -0.2) is 10.9 Å². The zero-order chi connectivity index (χ0) is 14.5. The number of hydrogen-bond donors (Lipinski definition) is 2. The Hall–Kier alpha value is -2.50. The normalized spacial score (nSPS) is 17.8. The van der Waals surface area contributed by atoms with Crippen LogP contribution in [0.15, 0.2) is 34.5 Å². The summed E-state index contributed by atoms with van der Waals surface area (Å²) in [5, 5.41) is 7.35. The Labute approximate surface area is 116 Å². The summed E-state index contributed by atoms with van der Waals surface area (Å²) in [5.41, 5.74) is 6.63. The van der Waals surface area contributed by atoms with E-state index < -0.39 is 17.7 Å². The molecule has 0 aromatic heterocycles. The number of nitrogens with zero attached hydrogens (tertiary/aromatic N) is 2. The van der Waals surface area contributed by atoms with E-state index in [9.17, 15) is 9.59 Å². The van der Waals surface area contributed by atoms with Crippen molar-refractivity contribution in [1.29, 1.82) is 0 Å². The standard InChI is InChI=1S/C14H16N4O2/c1-9(2)11-5-3-10(4-6-11)7-15-17-13(19)12-8-16-18-14(12)20/h3-9,12H,1-2H3,(H,17,19)(H,18,20)/b15-7-/t12-/m0/s1. The molecule has 104 valence electrons. The molecule has 0 radical (unpaired) electrons. The van der Waals surface area contributed by atoms with Crippen molar-refractivity contribution in [3.8, 4) is 0 Å². The minimum Gasteiger partial charge on any atom is -0.272 e. The average molecular weight is 272 g/mol. The molecule has 1 heterocycles. The van der Waals surface area contributed by atoms with Gasteiger partial charge >= 0.3 is 0 Å². The quantitative estimate of drug-likeness (QED) is 0.487. The first-order valence-electron chi connectivity index (χ1n) is 6.34. The third kappa shape index (κ3) is 3.28. The van der Waals surface area contributed by atoms with Crippen molar-refractivity contribution in [3.63, 3.8) is 0 Å². The Balaban J connectivity index is 1.91. The largest absolute Gasteiger partial charge is 0.272 e. The summed E-state index contributed by atoms with van der Waals surface area (Å²) in [4.78, 5) is 22.8. The number of carbonyl (C=O) groups is 2. The van der Waals surface area contributed by atoms with Gasteiger partial charge in [-0.05, 0) is 17.0 Å². The van der Waals surface area contributed by atoms with Crippen molar-refractivity contribution >= 4 is 24.2 Å². The van der Waals surface area contributed by atoms with Crippen molar-refractivity contribution in [3.05, 3.63) is 35.4 Å². The topological polar surface area (TPSA) is 82.9 Å². The van der Waals surface area contributed by atoms with E-state index >= 15 is 0 Å². The van der Waals surface area contributed by atoms with Crippen LogP contribution in [-0.4, -0.2) is 24.2 Å². The molecule has 0 bridgehead atoms. The van der Waals surface area contributed by atoms with Crippen molar-refractivity contribution in [2.24, 2.45) is 16.1 Å². The van der Waals surface area contributed by atoms with Crippen molar-refractivity contribution in [1.82, 2.24) is 10.9 Å². The number of rotatable bonds is 4. The van der Waals surface area contributed by atoms with Gasteiger partial charge in [0, 0.05) is 6.21 Å². The van der Waals surface area contributed by atoms with Crippen LogP contribution < -0.4 is 10.9 Å². The first-order valence-corrected chi connectivity index (χ1v) is 6.34. The smallest absolute Gasteiger partial charge is 0.258 e. The molecule has 1 aliphatic rings. The predicted octanol–water partition coefficient (Wildman–Crippen LogP) is 0.992. The van der Waals surface area contributed by atoms with Crippen LogP contribution in [0.4, 0.5) is 0 Å². The van der Waals surface area contributed by atoms with Crippen LogP contribution in [0.2, 0.25) is 0 Å². The van der Waals surface area contributed by atoms with Crippen LogP contribution in [0.25, 0.3) is 0 Å². The van der Waals surface area contributed by atoms with E-state index in [-0.39, 0.29) is 0 Å². The molecule has 0 spiro atoms. The lowest BCUT2D eigenvalue weighted by atomic mass is 10.0. The zero-order valence-electron chi connectivity index (χ0n) is 11.3. The van der Waals surface area contributed by atoms with Crippen LogP contribution in [-0.2, 0) is 9.59 Å². The highest BCUT2D eigenvalue weighted by molar-refractivity contribution is 6.15. The van der Waals surface area contributed by atoms with Crippen LogP contribution in [0, 0.1) is 5.92 Å². The lowest BCUT2D eigenvalue weighted by Crippen LogP contribution is -2.34. The van der Waals surface area contributed by atoms with E-state index in [1.54, 1.807) is 0 Å². The van der Waals surface area contributed by atoms with Crippen LogP contribution in [0.3, 0.4) is 0 Å². The summed E-state index contributed by atoms with van der Waals surface area (Å²) in [6, 6.07) is 7.89. The summed E-state index contributed by atoms with van der Waals surface area (Å²) in [6.07, 6.45) is 2.79. The number of nitrogens with one attached hydrogen (secondary N) is 2. The van der Waals surface area contributed by atoms with E-state index in [4.69, 9.17) is 0 Å². The second kappa shape index (κ2) is 6.10. The van der Waals surface area contributed by atoms with Crippen molar-refractivity contribution in [2.75, 3.05) is 0 Å². The van der Waals surface area contributed by atoms with E-state index in [1.165, 1.54) is 18.0 Å². The number of benzene rings is 1. The second-order valence-corrected chi connectivity index (χ2v) is 4.79. The zero-order valence-corrected chi connectivity index (χ0v) is 11.3. The maximum Gasteiger partial charge on any atom is 0.258 e. The molecule has 6 heteroatoms. The van der Waals surface area contributed by atoms with Gasteiger partial charge in [0.2, 0.25) is 0 Å². The lowest BCUT2D eigenvalue weighted by Gasteiger charge is -2.04. The Kier molecular flexibility index (Phi) is 4.24. The van der Waals surface area contributed by atoms with Gasteiger partial charge in [-0.3, -0.25) is 9.59 Å². The van der Waals surface area contributed by atoms with E-state index in [1.807, 2.05) is 24.3 Å². The molecule has 2 N–H and O–H groups in total. The highest BCUT2D eigenvalue weighted by Crippen LogP contribution is 2.13. The highest BCUT2D eigenvalue weighted by Gasteiger charge is 2.28. The van der Waals surface area contributed by atoms with Gasteiger partial charge in [-0.2, -0.15) is 10.2 Å². The molecule has 1 aromatic carbocycles. The van der Waals surface area contributed by atoms with Gasteiger partial charge in [0.1, 0.15) is 0 Å². The molecule has 2 rings (SSSR count). The number of amides is 2. The predicted molar refractivity (Wildman–Crippen MR) is 76.4 cm³/mol. The van der Waals surface area contributed by atoms with E-state index in [0.717, 1.165) is 5.56 Å². The second-order valence-electron chi connectivity index (χ2n) is 4.79. The van der Waals surface area contributed by atoms with Gasteiger partial charge in [-0.1, -0.05) is 38.1 Å². The molecule has 0 unspecified atom stereocenters. The van der Waals surface area contributed by atoms with E-state index in [2.05, 4.69) is 34.9 Å². The van der Waals surface area contributed by atoms with Gasteiger partial charge in [0.15, 0.2) is 5.92 Å². The summed E-state index contributed by atoms with van der Waals surface area (Å²) in [7, 11) is 0. The fraction of sp³-hybridized carbons (Fsp3) is 0.286.